The number of carbonyl (C=O) groups excluding carboxylic acids is 1. The normalized spacial score (nSPS) is 11.6. The zero-order valence-electron chi connectivity index (χ0n) is 19.6. The van der Waals surface area contributed by atoms with Crippen molar-refractivity contribution in [3.63, 3.8) is 0 Å². The third kappa shape index (κ3) is 5.24. The Balaban J connectivity index is 1.71. The van der Waals surface area contributed by atoms with E-state index in [-0.39, 0.29) is 35.1 Å². The van der Waals surface area contributed by atoms with Crippen molar-refractivity contribution in [2.75, 3.05) is 13.7 Å². The lowest BCUT2D eigenvalue weighted by molar-refractivity contribution is -0.143. The van der Waals surface area contributed by atoms with Gasteiger partial charge in [-0.05, 0) is 56.0 Å². The molecule has 0 saturated carbocycles. The van der Waals surface area contributed by atoms with Crippen molar-refractivity contribution in [1.29, 1.82) is 0 Å². The highest BCUT2D eigenvalue weighted by Gasteiger charge is 2.21. The van der Waals surface area contributed by atoms with Gasteiger partial charge >= 0.3 is 11.9 Å². The third-order valence-corrected chi connectivity index (χ3v) is 6.44. The van der Waals surface area contributed by atoms with Gasteiger partial charge in [0, 0.05) is 27.2 Å². The maximum Gasteiger partial charge on any atom is 0.342 e. The highest BCUT2D eigenvalue weighted by molar-refractivity contribution is 8.03. The average molecular weight is 528 g/mol. The summed E-state index contributed by atoms with van der Waals surface area (Å²) in [6.07, 6.45) is 1.54. The fourth-order valence-electron chi connectivity index (χ4n) is 3.75. The van der Waals surface area contributed by atoms with Crippen LogP contribution in [0.25, 0.3) is 28.4 Å². The van der Waals surface area contributed by atoms with Crippen LogP contribution in [-0.4, -0.2) is 45.5 Å². The number of hydrogen-bond acceptors (Lipinski definition) is 8. The highest BCUT2D eigenvalue weighted by Crippen LogP contribution is 2.36. The summed E-state index contributed by atoms with van der Waals surface area (Å²) in [5.41, 5.74) is 2.66. The second-order valence-corrected chi connectivity index (χ2v) is 8.97. The predicted octanol–water partition coefficient (Wildman–Crippen LogP) is 5.44. The SMILES string of the molecule is CCOC(=O)Cn1c(C)c(/C=C(\Sc2nnc(-c3cc(Cl)ccc3OC)o2)C(=O)O)c2ccccc21. The van der Waals surface area contributed by atoms with Gasteiger partial charge < -0.3 is 23.6 Å². The maximum atomic E-state index is 12.2. The summed E-state index contributed by atoms with van der Waals surface area (Å²) >= 11 is 6.91. The Hall–Kier alpha value is -3.76. The fraction of sp³-hybridized carbons (Fsp3) is 0.200. The fourth-order valence-corrected chi connectivity index (χ4v) is 4.57. The summed E-state index contributed by atoms with van der Waals surface area (Å²) in [5, 5.41) is 19.2. The molecule has 0 unspecified atom stereocenters. The van der Waals surface area contributed by atoms with E-state index in [0.29, 0.717) is 21.9 Å². The molecule has 0 spiro atoms. The second kappa shape index (κ2) is 10.9. The number of halogens is 1. The average Bonchev–Trinajstić information content (AvgIpc) is 3.42. The van der Waals surface area contributed by atoms with Gasteiger partial charge in [0.05, 0.1) is 19.3 Å². The molecule has 4 aromatic rings. The molecule has 0 fully saturated rings. The molecule has 4 rings (SSSR count). The van der Waals surface area contributed by atoms with E-state index >= 15 is 0 Å². The first-order valence-corrected chi connectivity index (χ1v) is 12.1. The lowest BCUT2D eigenvalue weighted by Gasteiger charge is -2.08. The van der Waals surface area contributed by atoms with Crippen molar-refractivity contribution in [1.82, 2.24) is 14.8 Å². The minimum absolute atomic E-state index is 0.0120. The van der Waals surface area contributed by atoms with E-state index < -0.39 is 5.97 Å². The first-order chi connectivity index (χ1) is 17.3. The molecule has 186 valence electrons. The molecule has 0 aliphatic heterocycles. The van der Waals surface area contributed by atoms with Gasteiger partial charge in [0.15, 0.2) is 0 Å². The number of thioether (sulfide) groups is 1. The first kappa shape index (κ1) is 25.3. The quantitative estimate of drug-likeness (QED) is 0.172. The number of aromatic nitrogens is 3. The van der Waals surface area contributed by atoms with Gasteiger partial charge in [-0.15, -0.1) is 10.2 Å². The number of methoxy groups -OCH3 is 1. The van der Waals surface area contributed by atoms with E-state index in [2.05, 4.69) is 10.2 Å². The minimum Gasteiger partial charge on any atom is -0.496 e. The summed E-state index contributed by atoms with van der Waals surface area (Å²) in [7, 11) is 1.50. The zero-order valence-corrected chi connectivity index (χ0v) is 21.2. The van der Waals surface area contributed by atoms with Crippen LogP contribution in [0, 0.1) is 6.92 Å². The number of hydrogen-bond donors (Lipinski definition) is 1. The van der Waals surface area contributed by atoms with Crippen LogP contribution in [0.4, 0.5) is 0 Å². The largest absolute Gasteiger partial charge is 0.496 e. The Kier molecular flexibility index (Phi) is 7.66. The Morgan fingerprint density at radius 2 is 2.00 bits per heavy atom. The molecule has 0 amide bonds. The first-order valence-electron chi connectivity index (χ1n) is 10.9. The summed E-state index contributed by atoms with van der Waals surface area (Å²) in [5.74, 6) is -0.913. The van der Waals surface area contributed by atoms with Crippen molar-refractivity contribution in [2.45, 2.75) is 25.6 Å². The second-order valence-electron chi connectivity index (χ2n) is 7.54. The number of nitrogens with zero attached hydrogens (tertiary/aromatic N) is 3. The number of carboxylic acids is 1. The monoisotopic (exact) mass is 527 g/mol. The predicted molar refractivity (Wildman–Crippen MR) is 136 cm³/mol. The molecule has 1 N–H and O–H groups in total. The number of benzene rings is 2. The minimum atomic E-state index is -1.17. The number of carboxylic acid groups (broad SMARTS) is 1. The van der Waals surface area contributed by atoms with Crippen molar-refractivity contribution >= 4 is 52.3 Å². The van der Waals surface area contributed by atoms with E-state index in [1.165, 1.54) is 13.2 Å². The number of para-hydroxylation sites is 1. The Labute approximate surface area is 215 Å². The smallest absolute Gasteiger partial charge is 0.342 e. The van der Waals surface area contributed by atoms with Crippen LogP contribution in [0.3, 0.4) is 0 Å². The summed E-state index contributed by atoms with van der Waals surface area (Å²) in [4.78, 5) is 24.3. The maximum absolute atomic E-state index is 12.2. The summed E-state index contributed by atoms with van der Waals surface area (Å²) < 4.78 is 18.0. The number of fused-ring (bicyclic) bond motifs is 1. The van der Waals surface area contributed by atoms with E-state index in [9.17, 15) is 14.7 Å². The molecule has 0 radical (unpaired) electrons. The van der Waals surface area contributed by atoms with Crippen LogP contribution >= 0.6 is 23.4 Å². The molecule has 0 aliphatic rings. The van der Waals surface area contributed by atoms with Gasteiger partial charge in [0.1, 0.15) is 17.2 Å². The van der Waals surface area contributed by atoms with Gasteiger partial charge in [-0.3, -0.25) is 4.79 Å². The number of rotatable bonds is 9. The van der Waals surface area contributed by atoms with Crippen molar-refractivity contribution < 1.29 is 28.6 Å². The van der Waals surface area contributed by atoms with Gasteiger partial charge in [0.25, 0.3) is 11.1 Å². The van der Waals surface area contributed by atoms with E-state index in [1.807, 2.05) is 31.2 Å². The van der Waals surface area contributed by atoms with Crippen LogP contribution in [0.5, 0.6) is 5.75 Å². The number of aliphatic carboxylic acids is 1. The van der Waals surface area contributed by atoms with Crippen LogP contribution in [0.15, 0.2) is 57.0 Å². The summed E-state index contributed by atoms with van der Waals surface area (Å²) in [6.45, 7) is 3.86. The number of carbonyl (C=O) groups is 2. The Morgan fingerprint density at radius 1 is 1.22 bits per heavy atom. The summed E-state index contributed by atoms with van der Waals surface area (Å²) in [6, 6.07) is 12.4. The molecule has 11 heteroatoms. The molecule has 9 nitrogen and oxygen atoms in total. The Bertz CT molecular complexity index is 1480. The highest BCUT2D eigenvalue weighted by atomic mass is 35.5. The Morgan fingerprint density at radius 3 is 2.72 bits per heavy atom. The molecular formula is C25H22ClN3O6S. The lowest BCUT2D eigenvalue weighted by Crippen LogP contribution is -2.14. The molecule has 2 aromatic carbocycles. The molecule has 36 heavy (non-hydrogen) atoms. The van der Waals surface area contributed by atoms with Crippen LogP contribution in [0.1, 0.15) is 18.2 Å². The molecule has 0 saturated heterocycles. The standard InChI is InChI=1S/C25H22ClN3O6S/c1-4-34-22(30)13-29-14(2)17(16-7-5-6-8-19(16)29)12-21(24(31)32)36-25-28-27-23(35-25)18-11-15(26)9-10-20(18)33-3/h5-12H,4,13H2,1-3H3,(H,31,32)/b21-12-. The van der Waals surface area contributed by atoms with Gasteiger partial charge in [-0.1, -0.05) is 29.8 Å². The molecular weight excluding hydrogens is 506 g/mol. The van der Waals surface area contributed by atoms with E-state index in [1.54, 1.807) is 29.7 Å². The lowest BCUT2D eigenvalue weighted by atomic mass is 10.1. The zero-order chi connectivity index (χ0) is 25.8. The van der Waals surface area contributed by atoms with Crippen LogP contribution < -0.4 is 4.74 Å². The molecule has 2 aromatic heterocycles. The van der Waals surface area contributed by atoms with Crippen molar-refractivity contribution in [3.05, 3.63) is 63.6 Å². The molecule has 0 bridgehead atoms. The topological polar surface area (TPSA) is 117 Å². The molecule has 0 atom stereocenters. The van der Waals surface area contributed by atoms with Crippen molar-refractivity contribution in [3.8, 4) is 17.2 Å². The van der Waals surface area contributed by atoms with E-state index in [0.717, 1.165) is 28.4 Å². The molecule has 2 heterocycles. The number of ether oxygens (including phenoxy) is 2. The van der Waals surface area contributed by atoms with Gasteiger partial charge in [-0.2, -0.15) is 0 Å². The third-order valence-electron chi connectivity index (χ3n) is 5.35. The molecule has 0 aliphatic carbocycles. The van der Waals surface area contributed by atoms with Crippen LogP contribution in [0.2, 0.25) is 5.02 Å². The van der Waals surface area contributed by atoms with Crippen LogP contribution in [-0.2, 0) is 20.9 Å². The van der Waals surface area contributed by atoms with E-state index in [4.69, 9.17) is 25.5 Å². The van der Waals surface area contributed by atoms with Crippen molar-refractivity contribution in [2.24, 2.45) is 0 Å². The number of esters is 1. The van der Waals surface area contributed by atoms with Gasteiger partial charge in [-0.25, -0.2) is 4.79 Å². The van der Waals surface area contributed by atoms with Gasteiger partial charge in [0.2, 0.25) is 0 Å².